The van der Waals surface area contributed by atoms with Crippen molar-refractivity contribution in [2.24, 2.45) is 0 Å². The minimum atomic E-state index is -0.986. The Labute approximate surface area is 178 Å². The number of carbonyl (C=O) groups is 2. The Morgan fingerprint density at radius 2 is 1.83 bits per heavy atom. The molecule has 0 aliphatic heterocycles. The molecule has 0 radical (unpaired) electrons. The van der Waals surface area contributed by atoms with E-state index in [0.717, 1.165) is 10.5 Å². The van der Waals surface area contributed by atoms with Crippen molar-refractivity contribution in [3.05, 3.63) is 77.0 Å². The molecule has 0 amide bonds. The second-order valence-electron chi connectivity index (χ2n) is 6.57. The molecule has 0 aliphatic rings. The molecule has 6 nitrogen and oxygen atoms in total. The van der Waals surface area contributed by atoms with Crippen LogP contribution >= 0.6 is 11.8 Å². The quantitative estimate of drug-likeness (QED) is 0.493. The highest BCUT2D eigenvalue weighted by Crippen LogP contribution is 2.33. The largest absolute Gasteiger partial charge is 0.507 e. The lowest BCUT2D eigenvalue weighted by molar-refractivity contribution is 0.0696. The van der Waals surface area contributed by atoms with Crippen LogP contribution in [0.1, 0.15) is 45.7 Å². The van der Waals surface area contributed by atoms with Gasteiger partial charge < -0.3 is 14.9 Å². The number of hydrogen-bond donors (Lipinski definition) is 2. The lowest BCUT2D eigenvalue weighted by Gasteiger charge is -2.14. The number of pyridine rings is 1. The third-order valence-corrected chi connectivity index (χ3v) is 5.43. The number of ether oxygens (including phenoxy) is 1. The molecular weight excluding hydrogens is 402 g/mol. The number of carboxylic acid groups (broad SMARTS) is 1. The van der Waals surface area contributed by atoms with E-state index in [9.17, 15) is 14.7 Å². The Morgan fingerprint density at radius 3 is 2.47 bits per heavy atom. The summed E-state index contributed by atoms with van der Waals surface area (Å²) in [5.41, 5.74) is 2.03. The standard InChI is InChI=1S/C23H21NO5S/c1-3-18-20(9-8-19(14(2)25)22(18)26)29-13-15-4-6-17(7-5-15)30-21-12-16(23(27)28)10-11-24-21/h4-12,26H,3,13H2,1-2H3,(H,27,28). The van der Waals surface area contributed by atoms with E-state index >= 15 is 0 Å². The van der Waals surface area contributed by atoms with Gasteiger partial charge in [-0.25, -0.2) is 9.78 Å². The molecule has 2 N–H and O–H groups in total. The van der Waals surface area contributed by atoms with E-state index in [1.54, 1.807) is 12.1 Å². The summed E-state index contributed by atoms with van der Waals surface area (Å²) in [6.45, 7) is 3.62. The second-order valence-corrected chi connectivity index (χ2v) is 7.66. The second kappa shape index (κ2) is 9.45. The van der Waals surface area contributed by atoms with Crippen LogP contribution in [0.2, 0.25) is 0 Å². The van der Waals surface area contributed by atoms with Gasteiger partial charge >= 0.3 is 5.97 Å². The van der Waals surface area contributed by atoms with Crippen LogP contribution in [-0.4, -0.2) is 26.9 Å². The zero-order valence-corrected chi connectivity index (χ0v) is 17.4. The number of aromatic nitrogens is 1. The summed E-state index contributed by atoms with van der Waals surface area (Å²) >= 11 is 1.37. The van der Waals surface area contributed by atoms with E-state index in [1.807, 2.05) is 31.2 Å². The van der Waals surface area contributed by atoms with Gasteiger partial charge in [0, 0.05) is 16.7 Å². The SMILES string of the molecule is CCc1c(OCc2ccc(Sc3cc(C(=O)O)ccn3)cc2)ccc(C(C)=O)c1O. The number of carbonyl (C=O) groups excluding carboxylic acids is 1. The van der Waals surface area contributed by atoms with Crippen LogP contribution in [0, 0.1) is 0 Å². The van der Waals surface area contributed by atoms with Gasteiger partial charge in [0.2, 0.25) is 0 Å². The molecule has 0 spiro atoms. The Balaban J connectivity index is 1.68. The molecule has 0 saturated carbocycles. The van der Waals surface area contributed by atoms with Crippen molar-refractivity contribution in [2.75, 3.05) is 0 Å². The van der Waals surface area contributed by atoms with Crippen molar-refractivity contribution >= 4 is 23.5 Å². The molecule has 7 heteroatoms. The van der Waals surface area contributed by atoms with Crippen LogP contribution in [-0.2, 0) is 13.0 Å². The molecule has 30 heavy (non-hydrogen) atoms. The average molecular weight is 423 g/mol. The van der Waals surface area contributed by atoms with Gasteiger partial charge in [-0.15, -0.1) is 0 Å². The van der Waals surface area contributed by atoms with Gasteiger partial charge in [0.25, 0.3) is 0 Å². The molecule has 0 aliphatic carbocycles. The normalized spacial score (nSPS) is 10.6. The molecule has 3 aromatic rings. The van der Waals surface area contributed by atoms with E-state index in [0.29, 0.717) is 34.9 Å². The Kier molecular flexibility index (Phi) is 6.74. The molecular formula is C23H21NO5S. The third-order valence-electron chi connectivity index (χ3n) is 4.49. The number of phenolic OH excluding ortho intramolecular Hbond substituents is 1. The molecule has 0 saturated heterocycles. The van der Waals surface area contributed by atoms with Crippen molar-refractivity contribution in [1.29, 1.82) is 0 Å². The summed E-state index contributed by atoms with van der Waals surface area (Å²) in [4.78, 5) is 27.8. The van der Waals surface area contributed by atoms with Crippen LogP contribution in [0.15, 0.2) is 64.6 Å². The number of nitrogens with zero attached hydrogens (tertiary/aromatic N) is 1. The zero-order valence-electron chi connectivity index (χ0n) is 16.6. The number of benzene rings is 2. The smallest absolute Gasteiger partial charge is 0.335 e. The first-order valence-electron chi connectivity index (χ1n) is 9.33. The Bertz CT molecular complexity index is 1080. The van der Waals surface area contributed by atoms with Gasteiger partial charge in [-0.2, -0.15) is 0 Å². The lowest BCUT2D eigenvalue weighted by Crippen LogP contribution is -2.02. The monoisotopic (exact) mass is 423 g/mol. The predicted molar refractivity (Wildman–Crippen MR) is 114 cm³/mol. The van der Waals surface area contributed by atoms with E-state index in [2.05, 4.69) is 4.98 Å². The molecule has 0 fully saturated rings. The number of hydrogen-bond acceptors (Lipinski definition) is 6. The van der Waals surface area contributed by atoms with Crippen LogP contribution in [0.5, 0.6) is 11.5 Å². The van der Waals surface area contributed by atoms with Crippen LogP contribution in [0.4, 0.5) is 0 Å². The molecule has 1 aromatic heterocycles. The van der Waals surface area contributed by atoms with Gasteiger partial charge in [-0.3, -0.25) is 4.79 Å². The van der Waals surface area contributed by atoms with Gasteiger partial charge in [-0.1, -0.05) is 30.8 Å². The van der Waals surface area contributed by atoms with Gasteiger partial charge in [0.15, 0.2) is 5.78 Å². The number of aromatic hydroxyl groups is 1. The Morgan fingerprint density at radius 1 is 1.10 bits per heavy atom. The Hall–Kier alpha value is -3.32. The fourth-order valence-corrected chi connectivity index (χ4v) is 3.73. The van der Waals surface area contributed by atoms with Crippen molar-refractivity contribution < 1.29 is 24.5 Å². The lowest BCUT2D eigenvalue weighted by atomic mass is 10.0. The summed E-state index contributed by atoms with van der Waals surface area (Å²) in [6.07, 6.45) is 2.02. The summed E-state index contributed by atoms with van der Waals surface area (Å²) in [6, 6.07) is 13.9. The first-order valence-corrected chi connectivity index (χ1v) is 10.2. The first kappa shape index (κ1) is 21.4. The van der Waals surface area contributed by atoms with Crippen molar-refractivity contribution in [1.82, 2.24) is 4.98 Å². The maximum absolute atomic E-state index is 11.6. The molecule has 0 unspecified atom stereocenters. The summed E-state index contributed by atoms with van der Waals surface area (Å²) in [7, 11) is 0. The number of Topliss-reactive ketones (excluding diaryl/α,β-unsaturated/α-hetero) is 1. The minimum absolute atomic E-state index is 0.0228. The van der Waals surface area contributed by atoms with Crippen molar-refractivity contribution in [3.63, 3.8) is 0 Å². The van der Waals surface area contributed by atoms with E-state index < -0.39 is 5.97 Å². The highest BCUT2D eigenvalue weighted by molar-refractivity contribution is 7.99. The number of rotatable bonds is 8. The van der Waals surface area contributed by atoms with Crippen LogP contribution in [0.25, 0.3) is 0 Å². The zero-order chi connectivity index (χ0) is 21.7. The van der Waals surface area contributed by atoms with Crippen molar-refractivity contribution in [2.45, 2.75) is 36.8 Å². The van der Waals surface area contributed by atoms with Gasteiger partial charge in [0.05, 0.1) is 11.1 Å². The minimum Gasteiger partial charge on any atom is -0.507 e. The molecule has 154 valence electrons. The molecule has 0 bridgehead atoms. The molecule has 1 heterocycles. The summed E-state index contributed by atoms with van der Waals surface area (Å²) in [5, 5.41) is 20.0. The summed E-state index contributed by atoms with van der Waals surface area (Å²) < 4.78 is 5.87. The fourth-order valence-electron chi connectivity index (χ4n) is 2.91. The predicted octanol–water partition coefficient (Wildman–Crippen LogP) is 4.98. The van der Waals surface area contributed by atoms with E-state index in [1.165, 1.54) is 37.0 Å². The topological polar surface area (TPSA) is 96.7 Å². The fraction of sp³-hybridized carbons (Fsp3) is 0.174. The molecule has 3 rings (SSSR count). The number of ketones is 1. The summed E-state index contributed by atoms with van der Waals surface area (Å²) in [5.74, 6) is -0.649. The van der Waals surface area contributed by atoms with Crippen LogP contribution in [0.3, 0.4) is 0 Å². The number of phenols is 1. The number of carboxylic acids is 1. The van der Waals surface area contributed by atoms with E-state index in [-0.39, 0.29) is 17.1 Å². The van der Waals surface area contributed by atoms with Gasteiger partial charge in [-0.05, 0) is 55.3 Å². The van der Waals surface area contributed by atoms with Gasteiger partial charge in [0.1, 0.15) is 23.1 Å². The van der Waals surface area contributed by atoms with Crippen molar-refractivity contribution in [3.8, 4) is 11.5 Å². The number of aromatic carboxylic acids is 1. The molecule has 2 aromatic carbocycles. The highest BCUT2D eigenvalue weighted by Gasteiger charge is 2.15. The first-order chi connectivity index (χ1) is 14.4. The molecule has 0 atom stereocenters. The third kappa shape index (κ3) is 4.99. The highest BCUT2D eigenvalue weighted by atomic mass is 32.2. The van der Waals surface area contributed by atoms with E-state index in [4.69, 9.17) is 9.84 Å². The maximum atomic E-state index is 11.6. The average Bonchev–Trinajstić information content (AvgIpc) is 2.73. The van der Waals surface area contributed by atoms with Crippen LogP contribution < -0.4 is 4.74 Å². The maximum Gasteiger partial charge on any atom is 0.335 e.